The van der Waals surface area contributed by atoms with E-state index in [1.165, 1.54) is 0 Å². The van der Waals surface area contributed by atoms with E-state index in [1.807, 2.05) is 0 Å². The van der Waals surface area contributed by atoms with Gasteiger partial charge in [-0.1, -0.05) is 15.9 Å². The lowest BCUT2D eigenvalue weighted by atomic mass is 10.2. The van der Waals surface area contributed by atoms with Crippen LogP contribution in [-0.2, 0) is 4.74 Å². The Kier molecular flexibility index (Phi) is 4.44. The maximum atomic E-state index is 9.14. The van der Waals surface area contributed by atoms with Crippen molar-refractivity contribution in [3.05, 3.63) is 0 Å². The maximum Gasteiger partial charge on any atom is 0.169 e. The summed E-state index contributed by atoms with van der Waals surface area (Å²) in [5.74, 6) is 0. The van der Waals surface area contributed by atoms with Crippen molar-refractivity contribution < 1.29 is 14.9 Å². The second kappa shape index (κ2) is 4.28. The van der Waals surface area contributed by atoms with E-state index in [-0.39, 0.29) is 13.2 Å². The molecule has 0 bridgehead atoms. The van der Waals surface area contributed by atoms with Crippen LogP contribution >= 0.6 is 15.9 Å². The topological polar surface area (TPSA) is 49.7 Å². The zero-order chi connectivity index (χ0) is 8.20. The molecule has 0 spiro atoms. The van der Waals surface area contributed by atoms with Gasteiger partial charge in [-0.15, -0.1) is 0 Å². The third-order valence-corrected chi connectivity index (χ3v) is 1.35. The molecule has 0 aliphatic carbocycles. The Balaban J connectivity index is 3.52. The van der Waals surface area contributed by atoms with Crippen LogP contribution in [0.25, 0.3) is 0 Å². The molecule has 0 aromatic carbocycles. The standard InChI is InChI=1S/C6H13BrO3/c1-6(2,7)5(9)10-4-3-8/h5,8-9H,3-4H2,1-2H3. The van der Waals surface area contributed by atoms with Crippen LogP contribution in [0.15, 0.2) is 0 Å². The van der Waals surface area contributed by atoms with Crippen molar-refractivity contribution in [1.29, 1.82) is 0 Å². The molecule has 0 heterocycles. The lowest BCUT2D eigenvalue weighted by molar-refractivity contribution is -0.120. The molecule has 0 aromatic heterocycles. The summed E-state index contributed by atoms with van der Waals surface area (Å²) in [5, 5.41) is 17.5. The Labute approximate surface area is 69.1 Å². The van der Waals surface area contributed by atoms with Gasteiger partial charge in [-0.3, -0.25) is 0 Å². The van der Waals surface area contributed by atoms with E-state index >= 15 is 0 Å². The smallest absolute Gasteiger partial charge is 0.169 e. The van der Waals surface area contributed by atoms with Crippen molar-refractivity contribution in [3.63, 3.8) is 0 Å². The number of ether oxygens (including phenoxy) is 1. The molecule has 0 aromatic rings. The number of alkyl halides is 1. The highest BCUT2D eigenvalue weighted by Gasteiger charge is 2.24. The molecule has 0 saturated carbocycles. The largest absolute Gasteiger partial charge is 0.394 e. The van der Waals surface area contributed by atoms with Crippen molar-refractivity contribution in [2.45, 2.75) is 24.5 Å². The van der Waals surface area contributed by atoms with Gasteiger partial charge in [0.1, 0.15) is 0 Å². The fraction of sp³-hybridized carbons (Fsp3) is 1.00. The molecule has 1 atom stereocenters. The minimum atomic E-state index is -0.875. The minimum Gasteiger partial charge on any atom is -0.394 e. The summed E-state index contributed by atoms with van der Waals surface area (Å²) in [6.45, 7) is 3.67. The summed E-state index contributed by atoms with van der Waals surface area (Å²) >= 11 is 3.22. The Hall–Kier alpha value is 0.360. The van der Waals surface area contributed by atoms with Crippen LogP contribution in [0.2, 0.25) is 0 Å². The second-order valence-electron chi connectivity index (χ2n) is 2.51. The highest BCUT2D eigenvalue weighted by Crippen LogP contribution is 2.21. The molecule has 0 saturated heterocycles. The number of hydrogen-bond acceptors (Lipinski definition) is 3. The summed E-state index contributed by atoms with van der Waals surface area (Å²) < 4.78 is 4.36. The van der Waals surface area contributed by atoms with Gasteiger partial charge in [0.05, 0.1) is 17.5 Å². The first-order chi connectivity index (χ1) is 4.48. The van der Waals surface area contributed by atoms with Gasteiger partial charge < -0.3 is 14.9 Å². The predicted molar refractivity (Wildman–Crippen MR) is 42.1 cm³/mol. The van der Waals surface area contributed by atoms with Crippen molar-refractivity contribution in [3.8, 4) is 0 Å². The SMILES string of the molecule is CC(C)(Br)C(O)OCCO. The summed E-state index contributed by atoms with van der Waals surface area (Å²) in [6.07, 6.45) is -0.875. The summed E-state index contributed by atoms with van der Waals surface area (Å²) in [4.78, 5) is 0. The van der Waals surface area contributed by atoms with Gasteiger partial charge in [0.15, 0.2) is 6.29 Å². The fourth-order valence-electron chi connectivity index (χ4n) is 0.362. The first-order valence-corrected chi connectivity index (χ1v) is 3.87. The van der Waals surface area contributed by atoms with Gasteiger partial charge in [0, 0.05) is 0 Å². The van der Waals surface area contributed by atoms with E-state index < -0.39 is 10.6 Å². The van der Waals surface area contributed by atoms with Crippen LogP contribution in [0.5, 0.6) is 0 Å². The highest BCUT2D eigenvalue weighted by molar-refractivity contribution is 9.10. The van der Waals surface area contributed by atoms with Crippen LogP contribution < -0.4 is 0 Å². The summed E-state index contributed by atoms with van der Waals surface area (Å²) in [6, 6.07) is 0. The van der Waals surface area contributed by atoms with E-state index in [9.17, 15) is 0 Å². The Morgan fingerprint density at radius 1 is 1.60 bits per heavy atom. The quantitative estimate of drug-likeness (QED) is 0.527. The zero-order valence-electron chi connectivity index (χ0n) is 6.17. The van der Waals surface area contributed by atoms with Crippen LogP contribution in [0, 0.1) is 0 Å². The molecule has 2 N–H and O–H groups in total. The van der Waals surface area contributed by atoms with Gasteiger partial charge in [0.2, 0.25) is 0 Å². The first-order valence-electron chi connectivity index (χ1n) is 3.08. The third-order valence-electron chi connectivity index (χ3n) is 0.954. The zero-order valence-corrected chi connectivity index (χ0v) is 7.76. The van der Waals surface area contributed by atoms with Gasteiger partial charge in [-0.05, 0) is 13.8 Å². The fourth-order valence-corrected chi connectivity index (χ4v) is 0.495. The molecular formula is C6H13BrO3. The third kappa shape index (κ3) is 4.22. The van der Waals surface area contributed by atoms with Crippen LogP contribution in [0.4, 0.5) is 0 Å². The molecule has 0 amide bonds. The van der Waals surface area contributed by atoms with Crippen LogP contribution in [0.3, 0.4) is 0 Å². The molecule has 10 heavy (non-hydrogen) atoms. The van der Waals surface area contributed by atoms with Gasteiger partial charge in [-0.25, -0.2) is 0 Å². The molecule has 1 unspecified atom stereocenters. The second-order valence-corrected chi connectivity index (χ2v) is 4.56. The Morgan fingerprint density at radius 2 is 2.10 bits per heavy atom. The number of hydrogen-bond donors (Lipinski definition) is 2. The van der Waals surface area contributed by atoms with Gasteiger partial charge in [0.25, 0.3) is 0 Å². The van der Waals surface area contributed by atoms with Gasteiger partial charge in [-0.2, -0.15) is 0 Å². The molecule has 3 nitrogen and oxygen atoms in total. The van der Waals surface area contributed by atoms with E-state index in [0.717, 1.165) is 0 Å². The van der Waals surface area contributed by atoms with Crippen molar-refractivity contribution in [2.75, 3.05) is 13.2 Å². The number of aliphatic hydroxyl groups is 2. The molecule has 0 fully saturated rings. The number of rotatable bonds is 4. The predicted octanol–water partition coefficient (Wildman–Crippen LogP) is 0.487. The molecule has 62 valence electrons. The lowest BCUT2D eigenvalue weighted by Crippen LogP contribution is -2.33. The lowest BCUT2D eigenvalue weighted by Gasteiger charge is -2.23. The van der Waals surface area contributed by atoms with E-state index in [0.29, 0.717) is 0 Å². The number of aliphatic hydroxyl groups excluding tert-OH is 2. The summed E-state index contributed by atoms with van der Waals surface area (Å²) in [5.41, 5.74) is 0. The van der Waals surface area contributed by atoms with Crippen molar-refractivity contribution in [1.82, 2.24) is 0 Å². The Bertz CT molecular complexity index is 89.5. The molecule has 0 aliphatic heterocycles. The highest BCUT2D eigenvalue weighted by atomic mass is 79.9. The van der Waals surface area contributed by atoms with Crippen molar-refractivity contribution >= 4 is 15.9 Å². The van der Waals surface area contributed by atoms with Gasteiger partial charge >= 0.3 is 0 Å². The molecule has 4 heteroatoms. The van der Waals surface area contributed by atoms with E-state index in [4.69, 9.17) is 14.9 Å². The average Bonchev–Trinajstić information content (AvgIpc) is 1.80. The monoisotopic (exact) mass is 212 g/mol. The molecule has 0 rings (SSSR count). The Morgan fingerprint density at radius 3 is 2.40 bits per heavy atom. The van der Waals surface area contributed by atoms with Crippen LogP contribution in [0.1, 0.15) is 13.8 Å². The minimum absolute atomic E-state index is 0.0693. The maximum absolute atomic E-state index is 9.14. The van der Waals surface area contributed by atoms with E-state index in [2.05, 4.69) is 15.9 Å². The van der Waals surface area contributed by atoms with Crippen LogP contribution in [-0.4, -0.2) is 34.0 Å². The molecular weight excluding hydrogens is 200 g/mol. The first kappa shape index (κ1) is 10.4. The average molecular weight is 213 g/mol. The number of halogens is 1. The summed E-state index contributed by atoms with van der Waals surface area (Å²) in [7, 11) is 0. The van der Waals surface area contributed by atoms with E-state index in [1.54, 1.807) is 13.8 Å². The normalized spacial score (nSPS) is 15.3. The molecule has 0 aliphatic rings. The van der Waals surface area contributed by atoms with Crippen molar-refractivity contribution in [2.24, 2.45) is 0 Å². The molecule has 0 radical (unpaired) electrons.